The van der Waals surface area contributed by atoms with Gasteiger partial charge in [0.2, 0.25) is 5.91 Å². The Morgan fingerprint density at radius 3 is 2.43 bits per heavy atom. The molecule has 1 aliphatic carbocycles. The number of amides is 1. The second-order valence-corrected chi connectivity index (χ2v) is 9.04. The lowest BCUT2D eigenvalue weighted by Crippen LogP contribution is -2.52. The van der Waals surface area contributed by atoms with E-state index in [1.165, 1.54) is 43.2 Å². The van der Waals surface area contributed by atoms with Crippen molar-refractivity contribution in [3.05, 3.63) is 64.2 Å². The normalized spacial score (nSPS) is 18.1. The Labute approximate surface area is 184 Å². The van der Waals surface area contributed by atoms with Crippen LogP contribution in [-0.4, -0.2) is 30.9 Å². The molecule has 5 heteroatoms. The first-order valence-electron chi connectivity index (χ1n) is 11.1. The average molecular weight is 427 g/mol. The molecule has 0 aromatic heterocycles. The minimum atomic E-state index is 0.133. The van der Waals surface area contributed by atoms with Gasteiger partial charge in [0.05, 0.1) is 5.92 Å². The molecule has 4 rings (SSSR count). The number of carbonyl (C=O) groups is 1. The van der Waals surface area contributed by atoms with Gasteiger partial charge in [-0.25, -0.2) is 0 Å². The second kappa shape index (κ2) is 9.84. The molecule has 0 spiro atoms. The Bertz CT molecular complexity index is 856. The summed E-state index contributed by atoms with van der Waals surface area (Å²) >= 11 is 6.59. The zero-order valence-corrected chi connectivity index (χ0v) is 18.5. The number of nitrogens with one attached hydrogen (secondary N) is 1. The minimum Gasteiger partial charge on any atom is -0.489 e. The summed E-state index contributed by atoms with van der Waals surface area (Å²) in [5, 5.41) is 3.60. The van der Waals surface area contributed by atoms with Crippen molar-refractivity contribution in [3.63, 3.8) is 0 Å². The van der Waals surface area contributed by atoms with Crippen LogP contribution in [0.2, 0.25) is 5.02 Å². The van der Waals surface area contributed by atoms with E-state index in [0.29, 0.717) is 12.5 Å². The van der Waals surface area contributed by atoms with E-state index >= 15 is 0 Å². The number of hydrogen-bond donors (Lipinski definition) is 1. The molecule has 4 nitrogen and oxygen atoms in total. The molecule has 1 saturated heterocycles. The van der Waals surface area contributed by atoms with Gasteiger partial charge in [0.1, 0.15) is 12.4 Å². The van der Waals surface area contributed by atoms with Crippen molar-refractivity contribution >= 4 is 17.5 Å². The molecular weight excluding hydrogens is 396 g/mol. The molecular formula is C25H31ClN2O2. The highest BCUT2D eigenvalue weighted by Crippen LogP contribution is 2.36. The second-order valence-electron chi connectivity index (χ2n) is 8.63. The van der Waals surface area contributed by atoms with Gasteiger partial charge < -0.3 is 10.1 Å². The molecule has 1 heterocycles. The first kappa shape index (κ1) is 21.2. The number of carbonyl (C=O) groups excluding carboxylic acids is 1. The fraction of sp³-hybridized carbons (Fsp3) is 0.480. The highest BCUT2D eigenvalue weighted by atomic mass is 35.5. The molecule has 0 atom stereocenters. The SMILES string of the molecule is CNC(=O)C1CN(Cc2ccc(OCc3ccc(C4CCCCC4)c(Cl)c3)cc2)C1. The van der Waals surface area contributed by atoms with E-state index in [-0.39, 0.29) is 11.8 Å². The summed E-state index contributed by atoms with van der Waals surface area (Å²) in [6.07, 6.45) is 6.49. The quantitative estimate of drug-likeness (QED) is 0.666. The van der Waals surface area contributed by atoms with Gasteiger partial charge in [-0.1, -0.05) is 55.1 Å². The fourth-order valence-electron chi connectivity index (χ4n) is 4.59. The summed E-state index contributed by atoms with van der Waals surface area (Å²) in [6.45, 7) is 3.04. The monoisotopic (exact) mass is 426 g/mol. The highest BCUT2D eigenvalue weighted by molar-refractivity contribution is 6.31. The smallest absolute Gasteiger partial charge is 0.225 e. The van der Waals surface area contributed by atoms with E-state index in [1.54, 1.807) is 7.05 Å². The predicted molar refractivity (Wildman–Crippen MR) is 121 cm³/mol. The highest BCUT2D eigenvalue weighted by Gasteiger charge is 2.31. The summed E-state index contributed by atoms with van der Waals surface area (Å²) < 4.78 is 5.97. The molecule has 1 amide bonds. The summed E-state index contributed by atoms with van der Waals surface area (Å²) in [5.74, 6) is 1.75. The van der Waals surface area contributed by atoms with Gasteiger partial charge in [-0.3, -0.25) is 9.69 Å². The van der Waals surface area contributed by atoms with Gasteiger partial charge in [0.25, 0.3) is 0 Å². The van der Waals surface area contributed by atoms with Crippen LogP contribution in [0.3, 0.4) is 0 Å². The van der Waals surface area contributed by atoms with Crippen molar-refractivity contribution in [2.24, 2.45) is 5.92 Å². The number of halogens is 1. The molecule has 2 aromatic rings. The van der Waals surface area contributed by atoms with Gasteiger partial charge in [-0.05, 0) is 53.6 Å². The molecule has 1 aliphatic heterocycles. The van der Waals surface area contributed by atoms with Gasteiger partial charge in [0.15, 0.2) is 0 Å². The van der Waals surface area contributed by atoms with Crippen molar-refractivity contribution in [2.75, 3.05) is 20.1 Å². The van der Waals surface area contributed by atoms with Crippen LogP contribution in [0.25, 0.3) is 0 Å². The lowest BCUT2D eigenvalue weighted by Gasteiger charge is -2.38. The van der Waals surface area contributed by atoms with Crippen LogP contribution in [-0.2, 0) is 17.9 Å². The molecule has 160 valence electrons. The van der Waals surface area contributed by atoms with Crippen LogP contribution in [0.5, 0.6) is 5.75 Å². The molecule has 0 unspecified atom stereocenters. The Morgan fingerprint density at radius 1 is 1.07 bits per heavy atom. The van der Waals surface area contributed by atoms with Gasteiger partial charge >= 0.3 is 0 Å². The Kier molecular flexibility index (Phi) is 6.96. The van der Waals surface area contributed by atoms with E-state index in [4.69, 9.17) is 16.3 Å². The summed E-state index contributed by atoms with van der Waals surface area (Å²) in [6, 6.07) is 14.6. The van der Waals surface area contributed by atoms with Crippen molar-refractivity contribution in [2.45, 2.75) is 51.2 Å². The molecule has 2 aromatic carbocycles. The molecule has 2 aliphatic rings. The maximum atomic E-state index is 11.6. The molecule has 0 radical (unpaired) electrons. The average Bonchev–Trinajstić information content (AvgIpc) is 2.75. The third kappa shape index (κ3) is 5.16. The maximum Gasteiger partial charge on any atom is 0.225 e. The summed E-state index contributed by atoms with van der Waals surface area (Å²) in [7, 11) is 1.70. The van der Waals surface area contributed by atoms with Gasteiger partial charge in [-0.15, -0.1) is 0 Å². The van der Waals surface area contributed by atoms with Crippen LogP contribution in [0.15, 0.2) is 42.5 Å². The van der Waals surface area contributed by atoms with E-state index in [2.05, 4.69) is 40.5 Å². The van der Waals surface area contributed by atoms with Crippen molar-refractivity contribution in [1.29, 1.82) is 0 Å². The Hall–Kier alpha value is -2.04. The van der Waals surface area contributed by atoms with E-state index in [1.807, 2.05) is 12.1 Å². The van der Waals surface area contributed by atoms with Crippen LogP contribution >= 0.6 is 11.6 Å². The fourth-order valence-corrected chi connectivity index (χ4v) is 4.95. The standard InChI is InChI=1S/C25H31ClN2O2/c1-27-25(29)21-15-28(16-21)14-18-7-10-22(11-8-18)30-17-19-9-12-23(24(26)13-19)20-5-3-2-4-6-20/h7-13,20-21H,2-6,14-17H2,1H3,(H,27,29). The topological polar surface area (TPSA) is 41.6 Å². The Morgan fingerprint density at radius 2 is 1.77 bits per heavy atom. The zero-order chi connectivity index (χ0) is 20.9. The molecule has 0 bridgehead atoms. The first-order valence-corrected chi connectivity index (χ1v) is 11.4. The lowest BCUT2D eigenvalue weighted by atomic mass is 9.84. The number of likely N-dealkylation sites (tertiary alicyclic amines) is 1. The van der Waals surface area contributed by atoms with E-state index < -0.39 is 0 Å². The number of rotatable bonds is 7. The van der Waals surface area contributed by atoms with Crippen LogP contribution in [0.4, 0.5) is 0 Å². The minimum absolute atomic E-state index is 0.133. The van der Waals surface area contributed by atoms with Crippen LogP contribution in [0.1, 0.15) is 54.7 Å². The van der Waals surface area contributed by atoms with Gasteiger partial charge in [-0.2, -0.15) is 0 Å². The van der Waals surface area contributed by atoms with Crippen molar-refractivity contribution in [3.8, 4) is 5.75 Å². The number of nitrogens with zero attached hydrogens (tertiary/aromatic N) is 1. The molecule has 2 fully saturated rings. The molecule has 1 saturated carbocycles. The Balaban J connectivity index is 1.26. The van der Waals surface area contributed by atoms with E-state index in [0.717, 1.165) is 36.0 Å². The molecule has 30 heavy (non-hydrogen) atoms. The number of ether oxygens (including phenoxy) is 1. The van der Waals surface area contributed by atoms with Crippen molar-refractivity contribution < 1.29 is 9.53 Å². The maximum absolute atomic E-state index is 11.6. The van der Waals surface area contributed by atoms with E-state index in [9.17, 15) is 4.79 Å². The summed E-state index contributed by atoms with van der Waals surface area (Å²) in [4.78, 5) is 13.9. The van der Waals surface area contributed by atoms with Crippen molar-refractivity contribution in [1.82, 2.24) is 10.2 Å². The predicted octanol–water partition coefficient (Wildman–Crippen LogP) is 5.14. The number of benzene rings is 2. The third-order valence-electron chi connectivity index (χ3n) is 6.42. The number of hydrogen-bond acceptors (Lipinski definition) is 3. The largest absolute Gasteiger partial charge is 0.489 e. The lowest BCUT2D eigenvalue weighted by molar-refractivity contribution is -0.129. The van der Waals surface area contributed by atoms with Crippen LogP contribution in [0, 0.1) is 5.92 Å². The summed E-state index contributed by atoms with van der Waals surface area (Å²) in [5.41, 5.74) is 3.64. The van der Waals surface area contributed by atoms with Crippen LogP contribution < -0.4 is 10.1 Å². The molecule has 1 N–H and O–H groups in total. The third-order valence-corrected chi connectivity index (χ3v) is 6.75. The first-order chi connectivity index (χ1) is 14.6. The zero-order valence-electron chi connectivity index (χ0n) is 17.7. The van der Waals surface area contributed by atoms with Gasteiger partial charge in [0, 0.05) is 31.7 Å².